The molecule has 4 aromatic carbocycles. The van der Waals surface area contributed by atoms with Crippen LogP contribution in [0, 0.1) is 26.7 Å². The van der Waals surface area contributed by atoms with Crippen LogP contribution < -0.4 is 16.0 Å². The second-order valence-corrected chi connectivity index (χ2v) is 21.8. The summed E-state index contributed by atoms with van der Waals surface area (Å²) < 4.78 is 3.41. The van der Waals surface area contributed by atoms with Gasteiger partial charge in [0.15, 0.2) is 0 Å². The number of nitrogens with zero attached hydrogens (tertiary/aromatic N) is 10. The van der Waals surface area contributed by atoms with E-state index in [1.165, 1.54) is 11.1 Å². The van der Waals surface area contributed by atoms with E-state index in [4.69, 9.17) is 44.9 Å². The summed E-state index contributed by atoms with van der Waals surface area (Å²) in [4.78, 5) is 47.6. The van der Waals surface area contributed by atoms with Gasteiger partial charge in [0.2, 0.25) is 0 Å². The highest BCUT2D eigenvalue weighted by Gasteiger charge is 2.17. The van der Waals surface area contributed by atoms with Gasteiger partial charge in [-0.2, -0.15) is 0 Å². The number of anilines is 3. The smallest absolute Gasteiger partial charge is 0.130 e. The molecular weight excluding hydrogens is 987 g/mol. The SMILES string of the molecule is CCC(CCCc1cc(-c2cc(NCCc3cncc(-c4cc(-c5cc(NC[C@H](C)c6ccccc6)nc(C)n5)cc5scnc45)c3)nc(C)n2)cc2scnc12)CNc1cc(-c2ccc3ncsc3c2)nc(C)n1. The third kappa shape index (κ3) is 11.7. The molecule has 0 radical (unpaired) electrons. The average Bonchev–Trinajstić information content (AvgIpc) is 4.23. The molecule has 13 nitrogen and oxygen atoms in total. The summed E-state index contributed by atoms with van der Waals surface area (Å²) in [7, 11) is 0. The van der Waals surface area contributed by atoms with E-state index in [2.05, 4.69) is 126 Å². The first-order valence-corrected chi connectivity index (χ1v) is 28.2. The van der Waals surface area contributed by atoms with Gasteiger partial charge in [0, 0.05) is 78.0 Å². The minimum absolute atomic E-state index is 0.326. The van der Waals surface area contributed by atoms with Crippen molar-refractivity contribution in [2.24, 2.45) is 5.92 Å². The Bertz CT molecular complexity index is 3780. The summed E-state index contributed by atoms with van der Waals surface area (Å²) in [5, 5.41) is 10.8. The lowest BCUT2D eigenvalue weighted by Crippen LogP contribution is -2.15. The molecule has 0 amide bonds. The van der Waals surface area contributed by atoms with Crippen molar-refractivity contribution in [2.75, 3.05) is 35.6 Å². The molecule has 3 N–H and O–H groups in total. The summed E-state index contributed by atoms with van der Waals surface area (Å²) in [5.74, 6) is 5.44. The molecule has 11 aromatic rings. The van der Waals surface area contributed by atoms with E-state index in [9.17, 15) is 0 Å². The fourth-order valence-electron chi connectivity index (χ4n) is 9.69. The fraction of sp³-hybridized carbons (Fsp3) is 0.254. The predicted octanol–water partition coefficient (Wildman–Crippen LogP) is 14.2. The highest BCUT2D eigenvalue weighted by Crippen LogP contribution is 2.36. The van der Waals surface area contributed by atoms with Crippen molar-refractivity contribution in [3.05, 3.63) is 160 Å². The van der Waals surface area contributed by atoms with E-state index in [-0.39, 0.29) is 0 Å². The summed E-state index contributed by atoms with van der Waals surface area (Å²) >= 11 is 4.94. The summed E-state index contributed by atoms with van der Waals surface area (Å²) in [6.45, 7) is 12.6. The van der Waals surface area contributed by atoms with Gasteiger partial charge in [0.1, 0.15) is 34.9 Å². The van der Waals surface area contributed by atoms with Crippen LogP contribution in [0.1, 0.15) is 73.2 Å². The van der Waals surface area contributed by atoms with E-state index in [0.29, 0.717) is 30.0 Å². The Labute approximate surface area is 448 Å². The van der Waals surface area contributed by atoms with Crippen LogP contribution in [0.5, 0.6) is 0 Å². The van der Waals surface area contributed by atoms with E-state index in [1.54, 1.807) is 34.0 Å². The molecule has 7 heterocycles. The largest absolute Gasteiger partial charge is 0.370 e. The molecule has 11 rings (SSSR count). The van der Waals surface area contributed by atoms with Crippen molar-refractivity contribution < 1.29 is 0 Å². The number of benzene rings is 4. The highest BCUT2D eigenvalue weighted by molar-refractivity contribution is 7.17. The van der Waals surface area contributed by atoms with Crippen LogP contribution in [-0.2, 0) is 12.8 Å². The number of aromatic nitrogens is 10. The van der Waals surface area contributed by atoms with Crippen LogP contribution in [-0.4, -0.2) is 69.5 Å². The number of hydrogen-bond donors (Lipinski definition) is 3. The second-order valence-electron chi connectivity index (χ2n) is 19.1. The van der Waals surface area contributed by atoms with Crippen LogP contribution >= 0.6 is 34.0 Å². The number of hydrogen-bond acceptors (Lipinski definition) is 16. The van der Waals surface area contributed by atoms with Crippen LogP contribution in [0.4, 0.5) is 17.5 Å². The molecule has 0 bridgehead atoms. The van der Waals surface area contributed by atoms with Crippen molar-refractivity contribution >= 4 is 82.1 Å². The minimum atomic E-state index is 0.326. The fourth-order valence-corrected chi connectivity index (χ4v) is 11.9. The summed E-state index contributed by atoms with van der Waals surface area (Å²) in [5.41, 5.74) is 20.3. The summed E-state index contributed by atoms with van der Waals surface area (Å²) in [6, 6.07) is 34.1. The topological polar surface area (TPSA) is 165 Å². The number of nitrogens with one attached hydrogen (secondary N) is 3. The Balaban J connectivity index is 0.737. The Morgan fingerprint density at radius 3 is 1.87 bits per heavy atom. The van der Waals surface area contributed by atoms with Gasteiger partial charge in [-0.25, -0.2) is 44.9 Å². The highest BCUT2D eigenvalue weighted by atomic mass is 32.1. The molecule has 0 spiro atoms. The molecule has 0 fully saturated rings. The van der Waals surface area contributed by atoms with Crippen LogP contribution in [0.15, 0.2) is 126 Å². The van der Waals surface area contributed by atoms with Crippen LogP contribution in [0.2, 0.25) is 0 Å². The van der Waals surface area contributed by atoms with Gasteiger partial charge < -0.3 is 16.0 Å². The van der Waals surface area contributed by atoms with Gasteiger partial charge in [0.25, 0.3) is 0 Å². The molecule has 7 aromatic heterocycles. The van der Waals surface area contributed by atoms with Gasteiger partial charge >= 0.3 is 0 Å². The Morgan fingerprint density at radius 1 is 0.533 bits per heavy atom. The third-order valence-corrected chi connectivity index (χ3v) is 16.0. The van der Waals surface area contributed by atoms with E-state index >= 15 is 0 Å². The Hall–Kier alpha value is -7.66. The van der Waals surface area contributed by atoms with E-state index in [1.807, 2.05) is 55.8 Å². The maximum Gasteiger partial charge on any atom is 0.130 e. The molecule has 16 heteroatoms. The predicted molar refractivity (Wildman–Crippen MR) is 310 cm³/mol. The van der Waals surface area contributed by atoms with Crippen molar-refractivity contribution in [1.82, 2.24) is 49.8 Å². The average molecular weight is 1040 g/mol. The number of rotatable bonds is 20. The maximum atomic E-state index is 4.94. The lowest BCUT2D eigenvalue weighted by Gasteiger charge is -2.17. The first-order chi connectivity index (χ1) is 36.7. The molecule has 376 valence electrons. The number of pyridine rings is 1. The monoisotopic (exact) mass is 1040 g/mol. The molecule has 0 aliphatic heterocycles. The molecule has 0 aliphatic carbocycles. The van der Waals surface area contributed by atoms with Crippen molar-refractivity contribution in [3.63, 3.8) is 0 Å². The normalized spacial score (nSPS) is 12.4. The van der Waals surface area contributed by atoms with Gasteiger partial charge in [-0.05, 0) is 117 Å². The van der Waals surface area contributed by atoms with E-state index < -0.39 is 0 Å². The molecular formula is C59H57N13S3. The maximum absolute atomic E-state index is 4.94. The molecule has 0 saturated carbocycles. The molecule has 75 heavy (non-hydrogen) atoms. The van der Waals surface area contributed by atoms with Crippen molar-refractivity contribution in [3.8, 4) is 44.9 Å². The number of aryl methyl sites for hydroxylation is 4. The summed E-state index contributed by atoms with van der Waals surface area (Å²) in [6.07, 6.45) is 8.73. The number of thiazole rings is 3. The first-order valence-electron chi connectivity index (χ1n) is 25.5. The molecule has 2 atom stereocenters. The van der Waals surface area contributed by atoms with Gasteiger partial charge in [0.05, 0.1) is 64.3 Å². The zero-order chi connectivity index (χ0) is 51.3. The zero-order valence-electron chi connectivity index (χ0n) is 42.6. The van der Waals surface area contributed by atoms with Crippen LogP contribution in [0.3, 0.4) is 0 Å². The standard InChI is InChI=1S/C59H57N13S3/c1-6-39(30-63-57-25-49(67-36(3)72-57)42-15-16-48-52(22-42)73-32-64-48)11-10-14-43-20-44(23-53-58(43)65-33-74-53)50-26-55(70-37(4)68-50)61-18-17-40-19-46(31-60-29-40)47-21-45(24-54-59(47)66-34-75-54)51-27-56(71-38(5)69-51)62-28-35(2)41-12-8-7-9-13-41/h7-9,12-13,15-16,19-27,29,31-35,39H,6,10-11,14,17-18,28,30H2,1-5H3,(H,61,68,70)(H,62,69,71)(H,63,67,72)/t35-,39?/m0/s1. The second kappa shape index (κ2) is 22.4. The lowest BCUT2D eigenvalue weighted by atomic mass is 9.95. The quantitative estimate of drug-likeness (QED) is 0.0661. The molecule has 0 saturated heterocycles. The number of fused-ring (bicyclic) bond motifs is 3. The molecule has 1 unspecified atom stereocenters. The van der Waals surface area contributed by atoms with Crippen molar-refractivity contribution in [2.45, 2.75) is 72.6 Å². The first kappa shape index (κ1) is 49.5. The van der Waals surface area contributed by atoms with Gasteiger partial charge in [-0.15, -0.1) is 34.0 Å². The molecule has 0 aliphatic rings. The Morgan fingerprint density at radius 2 is 1.15 bits per heavy atom. The van der Waals surface area contributed by atoms with Crippen molar-refractivity contribution in [1.29, 1.82) is 0 Å². The van der Waals surface area contributed by atoms with Gasteiger partial charge in [-0.3, -0.25) is 4.98 Å². The Kier molecular flexibility index (Phi) is 14.8. The van der Waals surface area contributed by atoms with E-state index in [0.717, 1.165) is 150 Å². The van der Waals surface area contributed by atoms with Crippen LogP contribution in [0.25, 0.3) is 75.5 Å². The minimum Gasteiger partial charge on any atom is -0.370 e. The third-order valence-electron chi connectivity index (χ3n) is 13.7. The lowest BCUT2D eigenvalue weighted by molar-refractivity contribution is 0.476. The zero-order valence-corrected chi connectivity index (χ0v) is 45.1. The van der Waals surface area contributed by atoms with Gasteiger partial charge in [-0.1, -0.05) is 56.7 Å².